The van der Waals surface area contributed by atoms with Crippen LogP contribution >= 0.6 is 0 Å². The lowest BCUT2D eigenvalue weighted by Crippen LogP contribution is -2.33. The van der Waals surface area contributed by atoms with Crippen LogP contribution in [0.3, 0.4) is 0 Å². The van der Waals surface area contributed by atoms with E-state index in [2.05, 4.69) is 27.0 Å². The Labute approximate surface area is 191 Å². The van der Waals surface area contributed by atoms with Gasteiger partial charge in [0.1, 0.15) is 17.2 Å². The Morgan fingerprint density at radius 2 is 1.85 bits per heavy atom. The molecule has 0 atom stereocenters. The summed E-state index contributed by atoms with van der Waals surface area (Å²) in [5.41, 5.74) is 8.44. The first kappa shape index (κ1) is 21.1. The summed E-state index contributed by atoms with van der Waals surface area (Å²) >= 11 is 0. The highest BCUT2D eigenvalue weighted by molar-refractivity contribution is 5.95. The molecule has 0 saturated carbocycles. The summed E-state index contributed by atoms with van der Waals surface area (Å²) in [6.45, 7) is 3.38. The van der Waals surface area contributed by atoms with Gasteiger partial charge < -0.3 is 15.4 Å². The minimum Gasteiger partial charge on any atom is -0.507 e. The van der Waals surface area contributed by atoms with E-state index in [0.717, 1.165) is 54.9 Å². The maximum atomic E-state index is 11.3. The monoisotopic (exact) mass is 442 g/mol. The van der Waals surface area contributed by atoms with Crippen LogP contribution in [-0.4, -0.2) is 48.5 Å². The van der Waals surface area contributed by atoms with E-state index in [4.69, 9.17) is 10.7 Å². The topological polar surface area (TPSA) is 110 Å². The zero-order valence-electron chi connectivity index (χ0n) is 18.3. The first-order valence-electron chi connectivity index (χ1n) is 11.1. The van der Waals surface area contributed by atoms with Gasteiger partial charge in [0.15, 0.2) is 0 Å². The number of amides is 1. The van der Waals surface area contributed by atoms with Gasteiger partial charge in [-0.3, -0.25) is 9.69 Å². The zero-order chi connectivity index (χ0) is 22.8. The second-order valence-electron chi connectivity index (χ2n) is 8.56. The Balaban J connectivity index is 1.26. The number of pyridine rings is 1. The Morgan fingerprint density at radius 3 is 2.58 bits per heavy atom. The molecule has 8 nitrogen and oxygen atoms in total. The van der Waals surface area contributed by atoms with E-state index in [-0.39, 0.29) is 11.3 Å². The average Bonchev–Trinajstić information content (AvgIpc) is 3.22. The van der Waals surface area contributed by atoms with Crippen molar-refractivity contribution >= 4 is 16.9 Å². The van der Waals surface area contributed by atoms with Crippen molar-refractivity contribution in [2.45, 2.75) is 31.8 Å². The molecule has 3 aromatic heterocycles. The fraction of sp³-hybridized carbons (Fsp3) is 0.280. The molecule has 1 amide bonds. The molecule has 1 saturated heterocycles. The summed E-state index contributed by atoms with van der Waals surface area (Å²) in [4.78, 5) is 27.2. The highest BCUT2D eigenvalue weighted by atomic mass is 16.3. The van der Waals surface area contributed by atoms with Gasteiger partial charge in [-0.25, -0.2) is 15.0 Å². The number of hydrogen-bond acceptors (Lipinski definition) is 6. The standard InChI is InChI=1S/C25H26N6O2/c26-24(33)21-3-2-17(12-22(21)32)15-31-11-6-19-13-20(14-29-25(19)31)18-4-9-30(10-5-18)16-23-27-7-1-8-28-23/h1-3,6-8,11-14,18,32H,4-5,9-10,15-16H2,(H2,26,33). The summed E-state index contributed by atoms with van der Waals surface area (Å²) in [5.74, 6) is 0.630. The van der Waals surface area contributed by atoms with Crippen LogP contribution in [0.15, 0.2) is 61.2 Å². The van der Waals surface area contributed by atoms with E-state index < -0.39 is 5.91 Å². The van der Waals surface area contributed by atoms with Crippen LogP contribution in [0.2, 0.25) is 0 Å². The SMILES string of the molecule is NC(=O)c1ccc(Cn2ccc3cc(C4CCN(Cc5ncccn5)CC4)cnc32)cc1O. The van der Waals surface area contributed by atoms with Crippen LogP contribution in [-0.2, 0) is 13.1 Å². The molecule has 0 radical (unpaired) electrons. The molecule has 3 N–H and O–H groups in total. The third-order valence-corrected chi connectivity index (χ3v) is 6.35. The summed E-state index contributed by atoms with van der Waals surface area (Å²) in [6, 6.07) is 11.1. The molecule has 4 heterocycles. The fourth-order valence-electron chi connectivity index (χ4n) is 4.56. The van der Waals surface area contributed by atoms with Crippen LogP contribution < -0.4 is 5.73 Å². The van der Waals surface area contributed by atoms with E-state index in [1.54, 1.807) is 30.6 Å². The quantitative estimate of drug-likeness (QED) is 0.475. The average molecular weight is 443 g/mol. The van der Waals surface area contributed by atoms with Crippen molar-refractivity contribution in [3.05, 3.63) is 83.7 Å². The van der Waals surface area contributed by atoms with E-state index in [0.29, 0.717) is 12.5 Å². The molecule has 0 bridgehead atoms. The first-order chi connectivity index (χ1) is 16.1. The van der Waals surface area contributed by atoms with E-state index in [1.165, 1.54) is 5.56 Å². The molecule has 0 unspecified atom stereocenters. The van der Waals surface area contributed by atoms with Gasteiger partial charge in [0.25, 0.3) is 5.91 Å². The zero-order valence-corrected chi connectivity index (χ0v) is 18.3. The number of aromatic hydroxyl groups is 1. The van der Waals surface area contributed by atoms with E-state index in [1.807, 2.05) is 23.0 Å². The smallest absolute Gasteiger partial charge is 0.252 e. The minimum atomic E-state index is -0.640. The number of carbonyl (C=O) groups is 1. The van der Waals surface area contributed by atoms with Crippen molar-refractivity contribution in [2.75, 3.05) is 13.1 Å². The fourth-order valence-corrected chi connectivity index (χ4v) is 4.56. The van der Waals surface area contributed by atoms with Crippen molar-refractivity contribution in [3.63, 3.8) is 0 Å². The van der Waals surface area contributed by atoms with Crippen molar-refractivity contribution < 1.29 is 9.90 Å². The predicted octanol–water partition coefficient (Wildman–Crippen LogP) is 3.06. The maximum Gasteiger partial charge on any atom is 0.252 e. The molecule has 0 spiro atoms. The van der Waals surface area contributed by atoms with Gasteiger partial charge in [-0.05, 0) is 73.3 Å². The predicted molar refractivity (Wildman–Crippen MR) is 125 cm³/mol. The van der Waals surface area contributed by atoms with Crippen LogP contribution in [0, 0.1) is 0 Å². The van der Waals surface area contributed by atoms with Crippen LogP contribution in [0.4, 0.5) is 0 Å². The van der Waals surface area contributed by atoms with Crippen molar-refractivity contribution in [3.8, 4) is 5.75 Å². The van der Waals surface area contributed by atoms with Gasteiger partial charge in [-0.1, -0.05) is 6.07 Å². The normalized spacial score (nSPS) is 15.2. The molecule has 4 aromatic rings. The second-order valence-corrected chi connectivity index (χ2v) is 8.56. The summed E-state index contributed by atoms with van der Waals surface area (Å²) in [7, 11) is 0. The van der Waals surface area contributed by atoms with Gasteiger partial charge in [0.05, 0.1) is 12.1 Å². The largest absolute Gasteiger partial charge is 0.507 e. The third-order valence-electron chi connectivity index (χ3n) is 6.35. The number of nitrogens with two attached hydrogens (primary N) is 1. The third kappa shape index (κ3) is 4.56. The number of phenols is 1. The summed E-state index contributed by atoms with van der Waals surface area (Å²) < 4.78 is 2.04. The first-order valence-corrected chi connectivity index (χ1v) is 11.1. The molecule has 33 heavy (non-hydrogen) atoms. The van der Waals surface area contributed by atoms with Crippen molar-refractivity contribution in [1.82, 2.24) is 24.4 Å². The number of rotatable bonds is 6. The number of likely N-dealkylation sites (tertiary alicyclic amines) is 1. The number of fused-ring (bicyclic) bond motifs is 1. The van der Waals surface area contributed by atoms with Gasteiger partial charge in [-0.15, -0.1) is 0 Å². The number of carbonyl (C=O) groups excluding carboxylic acids is 1. The molecule has 1 aromatic carbocycles. The molecular weight excluding hydrogens is 416 g/mol. The van der Waals surface area contributed by atoms with Crippen LogP contribution in [0.25, 0.3) is 11.0 Å². The lowest BCUT2D eigenvalue weighted by atomic mass is 9.90. The van der Waals surface area contributed by atoms with Gasteiger partial charge in [0, 0.05) is 36.7 Å². The lowest BCUT2D eigenvalue weighted by Gasteiger charge is -2.31. The Bertz CT molecular complexity index is 1280. The Kier molecular flexibility index (Phi) is 5.75. The summed E-state index contributed by atoms with van der Waals surface area (Å²) in [6.07, 6.45) is 9.76. The minimum absolute atomic E-state index is 0.100. The van der Waals surface area contributed by atoms with Gasteiger partial charge >= 0.3 is 0 Å². The highest BCUT2D eigenvalue weighted by Gasteiger charge is 2.22. The Morgan fingerprint density at radius 1 is 1.06 bits per heavy atom. The maximum absolute atomic E-state index is 11.3. The van der Waals surface area contributed by atoms with E-state index >= 15 is 0 Å². The number of benzene rings is 1. The van der Waals surface area contributed by atoms with E-state index in [9.17, 15) is 9.90 Å². The molecule has 1 aliphatic rings. The number of hydrogen-bond donors (Lipinski definition) is 2. The molecule has 1 aliphatic heterocycles. The lowest BCUT2D eigenvalue weighted by molar-refractivity contribution is 0.0997. The molecule has 1 fully saturated rings. The molecule has 8 heteroatoms. The van der Waals surface area contributed by atoms with Crippen molar-refractivity contribution in [2.24, 2.45) is 5.73 Å². The highest BCUT2D eigenvalue weighted by Crippen LogP contribution is 2.30. The Hall–Kier alpha value is -3.78. The second kappa shape index (κ2) is 8.99. The molecular formula is C25H26N6O2. The molecule has 168 valence electrons. The van der Waals surface area contributed by atoms with Crippen LogP contribution in [0.5, 0.6) is 5.75 Å². The number of aromatic nitrogens is 4. The molecule has 5 rings (SSSR count). The number of piperidine rings is 1. The van der Waals surface area contributed by atoms with Gasteiger partial charge in [-0.2, -0.15) is 0 Å². The van der Waals surface area contributed by atoms with Crippen molar-refractivity contribution in [1.29, 1.82) is 0 Å². The summed E-state index contributed by atoms with van der Waals surface area (Å²) in [5, 5.41) is 11.2. The molecule has 0 aliphatic carbocycles. The van der Waals surface area contributed by atoms with Crippen LogP contribution in [0.1, 0.15) is 46.1 Å². The van der Waals surface area contributed by atoms with Gasteiger partial charge in [0.2, 0.25) is 0 Å². The number of primary amides is 1. The number of nitrogens with zero attached hydrogens (tertiary/aromatic N) is 5.